The number of hydrogen-bond acceptors (Lipinski definition) is 3. The topological polar surface area (TPSA) is 78.5 Å². The number of urea groups is 1. The van der Waals surface area contributed by atoms with E-state index < -0.39 is 17.5 Å². The van der Waals surface area contributed by atoms with Gasteiger partial charge in [-0.25, -0.2) is 4.79 Å². The van der Waals surface area contributed by atoms with Crippen LogP contribution in [-0.2, 0) is 9.59 Å². The number of hydrogen-bond donors (Lipinski definition) is 2. The van der Waals surface area contributed by atoms with Crippen LogP contribution in [0.15, 0.2) is 18.2 Å². The van der Waals surface area contributed by atoms with Crippen LogP contribution in [0, 0.1) is 6.92 Å². The van der Waals surface area contributed by atoms with Gasteiger partial charge in [0.15, 0.2) is 0 Å². The van der Waals surface area contributed by atoms with E-state index in [0.717, 1.165) is 36.1 Å². The summed E-state index contributed by atoms with van der Waals surface area (Å²) in [7, 11) is 0. The molecule has 1 aromatic carbocycles. The van der Waals surface area contributed by atoms with Crippen molar-refractivity contribution in [3.8, 4) is 0 Å². The number of aryl methyl sites for hydroxylation is 1. The van der Waals surface area contributed by atoms with Crippen molar-refractivity contribution in [1.29, 1.82) is 0 Å². The normalized spacial score (nSPS) is 19.3. The van der Waals surface area contributed by atoms with E-state index in [0.29, 0.717) is 17.1 Å². The molecule has 2 rings (SSSR count). The highest BCUT2D eigenvalue weighted by Gasteiger charge is 2.47. The molecule has 0 aliphatic carbocycles. The third kappa shape index (κ3) is 5.45. The zero-order valence-electron chi connectivity index (χ0n) is 16.2. The van der Waals surface area contributed by atoms with Crippen molar-refractivity contribution in [1.82, 2.24) is 10.2 Å². The predicted molar refractivity (Wildman–Crippen MR) is 107 cm³/mol. The Morgan fingerprint density at radius 3 is 2.59 bits per heavy atom. The average molecular weight is 394 g/mol. The number of rotatable bonds is 9. The summed E-state index contributed by atoms with van der Waals surface area (Å²) in [5.74, 6) is -0.762. The summed E-state index contributed by atoms with van der Waals surface area (Å²) in [6.07, 6.45) is 5.93. The summed E-state index contributed by atoms with van der Waals surface area (Å²) < 4.78 is 0. The molecule has 0 spiro atoms. The SMILES string of the molecule is CCCCCCCC1(C)NC(=O)N(CC(=O)Nc2ccc(Cl)cc2C)C1=O. The van der Waals surface area contributed by atoms with Crippen molar-refractivity contribution >= 4 is 35.1 Å². The average Bonchev–Trinajstić information content (AvgIpc) is 2.81. The second kappa shape index (κ2) is 9.22. The van der Waals surface area contributed by atoms with Crippen molar-refractivity contribution in [3.05, 3.63) is 28.8 Å². The van der Waals surface area contributed by atoms with Gasteiger partial charge in [-0.05, 0) is 44.0 Å². The number of nitrogens with zero attached hydrogens (tertiary/aromatic N) is 1. The Morgan fingerprint density at radius 1 is 1.22 bits per heavy atom. The van der Waals surface area contributed by atoms with Crippen LogP contribution in [0.25, 0.3) is 0 Å². The van der Waals surface area contributed by atoms with Crippen LogP contribution in [0.2, 0.25) is 5.02 Å². The van der Waals surface area contributed by atoms with E-state index >= 15 is 0 Å². The van der Waals surface area contributed by atoms with Crippen molar-refractivity contribution in [2.45, 2.75) is 64.8 Å². The number of anilines is 1. The molecule has 7 heteroatoms. The molecule has 4 amide bonds. The van der Waals surface area contributed by atoms with Gasteiger partial charge in [-0.2, -0.15) is 0 Å². The van der Waals surface area contributed by atoms with E-state index in [1.165, 1.54) is 6.42 Å². The zero-order chi connectivity index (χ0) is 20.0. The smallest absolute Gasteiger partial charge is 0.324 e. The number of carbonyl (C=O) groups excluding carboxylic acids is 3. The largest absolute Gasteiger partial charge is 0.325 e. The van der Waals surface area contributed by atoms with Crippen molar-refractivity contribution in [3.63, 3.8) is 0 Å². The fourth-order valence-electron chi connectivity index (χ4n) is 3.24. The molecule has 148 valence electrons. The van der Waals surface area contributed by atoms with Crippen molar-refractivity contribution < 1.29 is 14.4 Å². The standard InChI is InChI=1S/C20H28ClN3O3/c1-4-5-6-7-8-11-20(3)18(26)24(19(27)23-20)13-17(25)22-16-10-9-15(21)12-14(16)2/h9-10,12H,4-8,11,13H2,1-3H3,(H,22,25)(H,23,27). The Morgan fingerprint density at radius 2 is 1.93 bits per heavy atom. The molecule has 1 saturated heterocycles. The number of amides is 4. The van der Waals surface area contributed by atoms with Crippen LogP contribution in [0.4, 0.5) is 10.5 Å². The fraction of sp³-hybridized carbons (Fsp3) is 0.550. The van der Waals surface area contributed by atoms with E-state index in [1.54, 1.807) is 25.1 Å². The molecule has 1 aliphatic rings. The number of halogens is 1. The molecule has 0 bridgehead atoms. The third-order valence-corrected chi connectivity index (χ3v) is 5.12. The summed E-state index contributed by atoms with van der Waals surface area (Å²) >= 11 is 5.91. The van der Waals surface area contributed by atoms with Crippen LogP contribution >= 0.6 is 11.6 Å². The highest BCUT2D eigenvalue weighted by molar-refractivity contribution is 6.30. The Balaban J connectivity index is 1.93. The highest BCUT2D eigenvalue weighted by atomic mass is 35.5. The molecule has 1 atom stereocenters. The third-order valence-electron chi connectivity index (χ3n) is 4.89. The van der Waals surface area contributed by atoms with Gasteiger partial charge in [0.25, 0.3) is 5.91 Å². The van der Waals surface area contributed by atoms with Gasteiger partial charge < -0.3 is 10.6 Å². The Bertz CT molecular complexity index is 722. The highest BCUT2D eigenvalue weighted by Crippen LogP contribution is 2.24. The quantitative estimate of drug-likeness (QED) is 0.486. The summed E-state index contributed by atoms with van der Waals surface area (Å²) in [5.41, 5.74) is 0.486. The van der Waals surface area contributed by atoms with Crippen molar-refractivity contribution in [2.75, 3.05) is 11.9 Å². The van der Waals surface area contributed by atoms with Gasteiger partial charge in [-0.3, -0.25) is 14.5 Å². The lowest BCUT2D eigenvalue weighted by molar-refractivity contribution is -0.133. The lowest BCUT2D eigenvalue weighted by Gasteiger charge is -2.21. The summed E-state index contributed by atoms with van der Waals surface area (Å²) in [6.45, 7) is 5.40. The van der Waals surface area contributed by atoms with E-state index in [4.69, 9.17) is 11.6 Å². The maximum absolute atomic E-state index is 12.7. The zero-order valence-corrected chi connectivity index (χ0v) is 17.0. The molecule has 27 heavy (non-hydrogen) atoms. The molecule has 1 fully saturated rings. The first-order valence-electron chi connectivity index (χ1n) is 9.47. The van der Waals surface area contributed by atoms with E-state index in [2.05, 4.69) is 17.6 Å². The maximum Gasteiger partial charge on any atom is 0.325 e. The first-order chi connectivity index (χ1) is 12.8. The number of unbranched alkanes of at least 4 members (excludes halogenated alkanes) is 4. The minimum absolute atomic E-state index is 0.307. The molecule has 2 N–H and O–H groups in total. The summed E-state index contributed by atoms with van der Waals surface area (Å²) in [6, 6.07) is 4.59. The lowest BCUT2D eigenvalue weighted by Crippen LogP contribution is -2.44. The molecular weight excluding hydrogens is 366 g/mol. The Hall–Kier alpha value is -2.08. The van der Waals surface area contributed by atoms with Gasteiger partial charge in [0, 0.05) is 10.7 Å². The van der Waals surface area contributed by atoms with Gasteiger partial charge in [0.1, 0.15) is 12.1 Å². The lowest BCUT2D eigenvalue weighted by atomic mass is 9.94. The first-order valence-corrected chi connectivity index (χ1v) is 9.85. The molecule has 1 unspecified atom stereocenters. The summed E-state index contributed by atoms with van der Waals surface area (Å²) in [4.78, 5) is 38.2. The molecule has 0 saturated carbocycles. The van der Waals surface area contributed by atoms with Gasteiger partial charge >= 0.3 is 6.03 Å². The monoisotopic (exact) mass is 393 g/mol. The number of imide groups is 1. The maximum atomic E-state index is 12.7. The van der Waals surface area contributed by atoms with Gasteiger partial charge in [0.05, 0.1) is 0 Å². The van der Waals surface area contributed by atoms with Crippen molar-refractivity contribution in [2.24, 2.45) is 0 Å². The number of carbonyl (C=O) groups is 3. The molecular formula is C20H28ClN3O3. The van der Waals surface area contributed by atoms with Crippen LogP contribution in [0.3, 0.4) is 0 Å². The second-order valence-corrected chi connectivity index (χ2v) is 7.76. The number of nitrogens with one attached hydrogen (secondary N) is 2. The minimum atomic E-state index is -0.931. The molecule has 1 aliphatic heterocycles. The second-order valence-electron chi connectivity index (χ2n) is 7.33. The molecule has 6 nitrogen and oxygen atoms in total. The molecule has 1 aromatic rings. The van der Waals surface area contributed by atoms with E-state index in [1.807, 2.05) is 6.92 Å². The van der Waals surface area contributed by atoms with Crippen LogP contribution in [0.1, 0.15) is 57.9 Å². The minimum Gasteiger partial charge on any atom is -0.324 e. The van der Waals surface area contributed by atoms with E-state index in [-0.39, 0.29) is 12.5 Å². The first kappa shape index (κ1) is 21.2. The van der Waals surface area contributed by atoms with Crippen LogP contribution in [-0.4, -0.2) is 34.8 Å². The predicted octanol–water partition coefficient (Wildman–Crippen LogP) is 4.26. The Labute approximate surface area is 165 Å². The molecule has 0 aromatic heterocycles. The summed E-state index contributed by atoms with van der Waals surface area (Å²) in [5, 5.41) is 6.05. The van der Waals surface area contributed by atoms with Gasteiger partial charge in [-0.1, -0.05) is 50.6 Å². The molecule has 1 heterocycles. The van der Waals surface area contributed by atoms with E-state index in [9.17, 15) is 14.4 Å². The van der Waals surface area contributed by atoms with Crippen LogP contribution in [0.5, 0.6) is 0 Å². The van der Waals surface area contributed by atoms with Gasteiger partial charge in [0.2, 0.25) is 5.91 Å². The van der Waals surface area contributed by atoms with Gasteiger partial charge in [-0.15, -0.1) is 0 Å². The fourth-order valence-corrected chi connectivity index (χ4v) is 3.47. The van der Waals surface area contributed by atoms with Crippen LogP contribution < -0.4 is 10.6 Å². The number of benzene rings is 1. The molecule has 0 radical (unpaired) electrons. The Kier molecular flexibility index (Phi) is 7.25.